The first-order valence-electron chi connectivity index (χ1n) is 5.30. The van der Waals surface area contributed by atoms with Crippen molar-refractivity contribution >= 4 is 27.7 Å². The van der Waals surface area contributed by atoms with Gasteiger partial charge in [-0.2, -0.15) is 0 Å². The van der Waals surface area contributed by atoms with E-state index in [0.717, 1.165) is 6.07 Å². The van der Waals surface area contributed by atoms with Gasteiger partial charge < -0.3 is 10.2 Å². The Morgan fingerprint density at radius 3 is 2.50 bits per heavy atom. The molecule has 2 amide bonds. The lowest BCUT2D eigenvalue weighted by atomic mass is 10.2. The van der Waals surface area contributed by atoms with Crippen molar-refractivity contribution in [3.63, 3.8) is 0 Å². The quantitative estimate of drug-likeness (QED) is 0.924. The molecule has 4 nitrogen and oxygen atoms in total. The molecule has 1 aromatic carbocycles. The molecule has 98 valence electrons. The van der Waals surface area contributed by atoms with E-state index in [0.29, 0.717) is 0 Å². The van der Waals surface area contributed by atoms with Crippen molar-refractivity contribution in [3.05, 3.63) is 34.1 Å². The number of amides is 2. The summed E-state index contributed by atoms with van der Waals surface area (Å²) in [5, 5.41) is 2.51. The number of likely N-dealkylation sites (N-methyl/N-ethyl adjacent to an activating group) is 1. The van der Waals surface area contributed by atoms with Crippen LogP contribution in [0.15, 0.2) is 22.7 Å². The summed E-state index contributed by atoms with van der Waals surface area (Å²) in [5.74, 6) is -1.22. The summed E-state index contributed by atoms with van der Waals surface area (Å²) < 4.78 is 13.6. The number of hydrogen-bond acceptors (Lipinski definition) is 2. The lowest BCUT2D eigenvalue weighted by Gasteiger charge is -2.18. The molecule has 0 bridgehead atoms. The van der Waals surface area contributed by atoms with Gasteiger partial charge in [-0.1, -0.05) is 0 Å². The smallest absolute Gasteiger partial charge is 0.252 e. The Morgan fingerprint density at radius 1 is 1.39 bits per heavy atom. The maximum Gasteiger partial charge on any atom is 0.252 e. The molecular formula is C12H14BrFN2O2. The molecule has 0 aromatic heterocycles. The molecule has 1 unspecified atom stereocenters. The molecular weight excluding hydrogens is 303 g/mol. The molecule has 0 aliphatic heterocycles. The highest BCUT2D eigenvalue weighted by Gasteiger charge is 2.18. The van der Waals surface area contributed by atoms with E-state index in [2.05, 4.69) is 21.2 Å². The van der Waals surface area contributed by atoms with E-state index < -0.39 is 17.8 Å². The maximum absolute atomic E-state index is 13.3. The van der Waals surface area contributed by atoms with Gasteiger partial charge in [-0.05, 0) is 41.1 Å². The van der Waals surface area contributed by atoms with Crippen LogP contribution in [0.5, 0.6) is 0 Å². The number of rotatable bonds is 3. The third-order valence-electron chi connectivity index (χ3n) is 2.34. The molecule has 1 atom stereocenters. The van der Waals surface area contributed by atoms with E-state index in [9.17, 15) is 14.0 Å². The highest BCUT2D eigenvalue weighted by Crippen LogP contribution is 2.16. The molecule has 1 rings (SSSR count). The lowest BCUT2D eigenvalue weighted by molar-refractivity contribution is -0.130. The van der Waals surface area contributed by atoms with Crippen LogP contribution < -0.4 is 5.32 Å². The molecule has 1 aromatic rings. The van der Waals surface area contributed by atoms with Crippen molar-refractivity contribution in [2.75, 3.05) is 14.1 Å². The lowest BCUT2D eigenvalue weighted by Crippen LogP contribution is -2.44. The van der Waals surface area contributed by atoms with E-state index in [-0.39, 0.29) is 15.9 Å². The van der Waals surface area contributed by atoms with Crippen LogP contribution in [0, 0.1) is 5.82 Å². The molecule has 0 aliphatic carbocycles. The summed E-state index contributed by atoms with van der Waals surface area (Å²) in [6.07, 6.45) is 0. The number of carbonyl (C=O) groups is 2. The number of benzene rings is 1. The van der Waals surface area contributed by atoms with Gasteiger partial charge in [0, 0.05) is 19.7 Å². The van der Waals surface area contributed by atoms with E-state index in [1.54, 1.807) is 21.0 Å². The monoisotopic (exact) mass is 316 g/mol. The molecule has 6 heteroatoms. The third kappa shape index (κ3) is 3.53. The Kier molecular flexibility index (Phi) is 4.84. The van der Waals surface area contributed by atoms with Gasteiger partial charge in [0.1, 0.15) is 11.9 Å². The van der Waals surface area contributed by atoms with Crippen molar-refractivity contribution in [3.8, 4) is 0 Å². The highest BCUT2D eigenvalue weighted by atomic mass is 79.9. The fourth-order valence-corrected chi connectivity index (χ4v) is 1.61. The summed E-state index contributed by atoms with van der Waals surface area (Å²) in [7, 11) is 3.20. The number of hydrogen-bond donors (Lipinski definition) is 1. The zero-order chi connectivity index (χ0) is 13.9. The number of halogens is 2. The first-order chi connectivity index (χ1) is 8.32. The van der Waals surface area contributed by atoms with Crippen molar-refractivity contribution in [2.24, 2.45) is 0 Å². The fraction of sp³-hybridized carbons (Fsp3) is 0.333. The van der Waals surface area contributed by atoms with Gasteiger partial charge in [-0.15, -0.1) is 0 Å². The number of nitrogens with one attached hydrogen (secondary N) is 1. The largest absolute Gasteiger partial charge is 0.347 e. The van der Waals surface area contributed by atoms with Crippen LogP contribution in [0.2, 0.25) is 0 Å². The summed E-state index contributed by atoms with van der Waals surface area (Å²) in [6, 6.07) is 3.39. The summed E-state index contributed by atoms with van der Waals surface area (Å²) in [6.45, 7) is 1.58. The minimum Gasteiger partial charge on any atom is -0.347 e. The Bertz CT molecular complexity index is 477. The number of nitrogens with zero attached hydrogens (tertiary/aromatic N) is 1. The third-order valence-corrected chi connectivity index (χ3v) is 2.98. The second kappa shape index (κ2) is 5.95. The predicted octanol–water partition coefficient (Wildman–Crippen LogP) is 1.79. The van der Waals surface area contributed by atoms with Crippen LogP contribution >= 0.6 is 15.9 Å². The minimum absolute atomic E-state index is 0.175. The second-order valence-corrected chi connectivity index (χ2v) is 4.91. The molecule has 0 radical (unpaired) electrons. The molecule has 0 aliphatic rings. The minimum atomic E-state index is -0.654. The van der Waals surface area contributed by atoms with Gasteiger partial charge in [-0.3, -0.25) is 9.59 Å². The average molecular weight is 317 g/mol. The molecule has 0 heterocycles. The predicted molar refractivity (Wildman–Crippen MR) is 69.7 cm³/mol. The Labute approximate surface area is 113 Å². The highest BCUT2D eigenvalue weighted by molar-refractivity contribution is 9.10. The number of carbonyl (C=O) groups excluding carboxylic acids is 2. The van der Waals surface area contributed by atoms with Crippen LogP contribution in [0.3, 0.4) is 0 Å². The van der Waals surface area contributed by atoms with Gasteiger partial charge in [-0.25, -0.2) is 4.39 Å². The van der Waals surface area contributed by atoms with E-state index in [1.165, 1.54) is 17.0 Å². The van der Waals surface area contributed by atoms with Crippen LogP contribution in [-0.2, 0) is 4.79 Å². The molecule has 1 N–H and O–H groups in total. The van der Waals surface area contributed by atoms with Gasteiger partial charge >= 0.3 is 0 Å². The normalized spacial score (nSPS) is 11.8. The van der Waals surface area contributed by atoms with Gasteiger partial charge in [0.25, 0.3) is 5.91 Å². The van der Waals surface area contributed by atoms with Crippen LogP contribution in [0.25, 0.3) is 0 Å². The molecule has 18 heavy (non-hydrogen) atoms. The van der Waals surface area contributed by atoms with Crippen molar-refractivity contribution in [1.29, 1.82) is 0 Å². The topological polar surface area (TPSA) is 49.4 Å². The Morgan fingerprint density at radius 2 is 2.00 bits per heavy atom. The van der Waals surface area contributed by atoms with Crippen LogP contribution in [0.4, 0.5) is 4.39 Å². The van der Waals surface area contributed by atoms with Crippen LogP contribution in [0.1, 0.15) is 17.3 Å². The van der Waals surface area contributed by atoms with Crippen molar-refractivity contribution in [2.45, 2.75) is 13.0 Å². The molecule has 0 saturated carbocycles. The summed E-state index contributed by atoms with van der Waals surface area (Å²) in [5.41, 5.74) is 0.175. The van der Waals surface area contributed by atoms with E-state index in [1.807, 2.05) is 0 Å². The summed E-state index contributed by atoms with van der Waals surface area (Å²) >= 11 is 3.00. The zero-order valence-corrected chi connectivity index (χ0v) is 11.9. The van der Waals surface area contributed by atoms with Gasteiger partial charge in [0.15, 0.2) is 0 Å². The average Bonchev–Trinajstić information content (AvgIpc) is 2.31. The van der Waals surface area contributed by atoms with Crippen LogP contribution in [-0.4, -0.2) is 36.9 Å². The Balaban J connectivity index is 2.76. The standard InChI is InChI=1S/C12H14BrFN2O2/c1-7(12(18)16(2)3)15-11(17)8-4-5-9(13)10(14)6-8/h4-7H,1-3H3,(H,15,17). The van der Waals surface area contributed by atoms with Crippen molar-refractivity contribution in [1.82, 2.24) is 10.2 Å². The molecule has 0 saturated heterocycles. The van der Waals surface area contributed by atoms with Gasteiger partial charge in [0.2, 0.25) is 5.91 Å². The summed E-state index contributed by atoms with van der Waals surface area (Å²) in [4.78, 5) is 24.7. The maximum atomic E-state index is 13.3. The first-order valence-corrected chi connectivity index (χ1v) is 6.09. The first kappa shape index (κ1) is 14.6. The fourth-order valence-electron chi connectivity index (χ4n) is 1.37. The Hall–Kier alpha value is -1.43. The second-order valence-electron chi connectivity index (χ2n) is 4.06. The van der Waals surface area contributed by atoms with Gasteiger partial charge in [0.05, 0.1) is 4.47 Å². The van der Waals surface area contributed by atoms with E-state index >= 15 is 0 Å². The van der Waals surface area contributed by atoms with E-state index in [4.69, 9.17) is 0 Å². The molecule has 0 spiro atoms. The molecule has 0 fully saturated rings. The zero-order valence-electron chi connectivity index (χ0n) is 10.3. The van der Waals surface area contributed by atoms with Crippen molar-refractivity contribution < 1.29 is 14.0 Å². The SMILES string of the molecule is CC(NC(=O)c1ccc(Br)c(F)c1)C(=O)N(C)C.